The van der Waals surface area contributed by atoms with Crippen molar-refractivity contribution in [3.8, 4) is 11.5 Å². The fraction of sp³-hybridized carbons (Fsp3) is 0.462. The Bertz CT molecular complexity index is 462. The summed E-state index contributed by atoms with van der Waals surface area (Å²) in [4.78, 5) is 11.1. The van der Waals surface area contributed by atoms with E-state index in [-0.39, 0.29) is 0 Å². The standard InChI is InChI=1S/C13H20N2O4/c1-7-9(18-3)6-5-8(12(7)19-4)11(15-2)10(14)13(16)17/h5-6,10-11,15H,14H2,1-4H3,(H,16,17). The number of ether oxygens (including phenoxy) is 2. The van der Waals surface area contributed by atoms with Crippen molar-refractivity contribution in [2.45, 2.75) is 19.0 Å². The number of benzene rings is 1. The smallest absolute Gasteiger partial charge is 0.322 e. The molecule has 1 aromatic carbocycles. The average molecular weight is 268 g/mol. The molecular formula is C13H20N2O4. The van der Waals surface area contributed by atoms with Crippen LogP contribution in [-0.2, 0) is 4.79 Å². The van der Waals surface area contributed by atoms with Gasteiger partial charge in [0.05, 0.1) is 20.3 Å². The number of carbonyl (C=O) groups is 1. The number of rotatable bonds is 6. The van der Waals surface area contributed by atoms with Crippen molar-refractivity contribution in [2.24, 2.45) is 5.73 Å². The van der Waals surface area contributed by atoms with E-state index in [4.69, 9.17) is 20.3 Å². The van der Waals surface area contributed by atoms with Crippen LogP contribution < -0.4 is 20.5 Å². The van der Waals surface area contributed by atoms with Crippen LogP contribution in [0.15, 0.2) is 12.1 Å². The lowest BCUT2D eigenvalue weighted by Crippen LogP contribution is -2.42. The van der Waals surface area contributed by atoms with Gasteiger partial charge in [0.15, 0.2) is 0 Å². The van der Waals surface area contributed by atoms with Gasteiger partial charge in [0.25, 0.3) is 0 Å². The number of carboxylic acids is 1. The first-order valence-electron chi connectivity index (χ1n) is 5.85. The molecule has 0 radical (unpaired) electrons. The van der Waals surface area contributed by atoms with E-state index in [1.165, 1.54) is 7.11 Å². The van der Waals surface area contributed by atoms with Gasteiger partial charge in [0, 0.05) is 11.1 Å². The summed E-state index contributed by atoms with van der Waals surface area (Å²) >= 11 is 0. The number of nitrogens with one attached hydrogen (secondary N) is 1. The lowest BCUT2D eigenvalue weighted by Gasteiger charge is -2.24. The first-order valence-corrected chi connectivity index (χ1v) is 5.85. The second kappa shape index (κ2) is 6.40. The Morgan fingerprint density at radius 2 is 2.00 bits per heavy atom. The Morgan fingerprint density at radius 1 is 1.37 bits per heavy atom. The number of likely N-dealkylation sites (N-methyl/N-ethyl adjacent to an activating group) is 1. The molecule has 0 saturated carbocycles. The topological polar surface area (TPSA) is 93.8 Å². The number of carboxylic acid groups (broad SMARTS) is 1. The predicted octanol–water partition coefficient (Wildman–Crippen LogP) is 0.685. The molecule has 4 N–H and O–H groups in total. The van der Waals surface area contributed by atoms with Crippen LogP contribution in [0.1, 0.15) is 17.2 Å². The van der Waals surface area contributed by atoms with Gasteiger partial charge in [-0.05, 0) is 26.1 Å². The Kier molecular flexibility index (Phi) is 5.14. The van der Waals surface area contributed by atoms with Gasteiger partial charge < -0.3 is 25.6 Å². The molecule has 1 rings (SSSR count). The monoisotopic (exact) mass is 268 g/mol. The van der Waals surface area contributed by atoms with Crippen LogP contribution in [0.3, 0.4) is 0 Å². The van der Waals surface area contributed by atoms with Gasteiger partial charge in [-0.2, -0.15) is 0 Å². The fourth-order valence-corrected chi connectivity index (χ4v) is 2.10. The van der Waals surface area contributed by atoms with Crippen molar-refractivity contribution in [3.63, 3.8) is 0 Å². The third-order valence-electron chi connectivity index (χ3n) is 3.10. The molecule has 0 bridgehead atoms. The van der Waals surface area contributed by atoms with Crippen molar-refractivity contribution in [1.29, 1.82) is 0 Å². The van der Waals surface area contributed by atoms with Gasteiger partial charge in [-0.1, -0.05) is 0 Å². The third-order valence-corrected chi connectivity index (χ3v) is 3.10. The molecule has 19 heavy (non-hydrogen) atoms. The average Bonchev–Trinajstić information content (AvgIpc) is 2.39. The van der Waals surface area contributed by atoms with Gasteiger partial charge in [0.2, 0.25) is 0 Å². The number of hydrogen-bond donors (Lipinski definition) is 3. The molecule has 6 heteroatoms. The van der Waals surface area contributed by atoms with E-state index in [0.717, 1.165) is 5.56 Å². The van der Waals surface area contributed by atoms with Gasteiger partial charge in [-0.15, -0.1) is 0 Å². The van der Waals surface area contributed by atoms with E-state index in [0.29, 0.717) is 17.1 Å². The van der Waals surface area contributed by atoms with Crippen molar-refractivity contribution < 1.29 is 19.4 Å². The Labute approximate surface area is 112 Å². The molecule has 106 valence electrons. The zero-order valence-corrected chi connectivity index (χ0v) is 11.6. The quantitative estimate of drug-likeness (QED) is 0.702. The number of hydrogen-bond acceptors (Lipinski definition) is 5. The van der Waals surface area contributed by atoms with Gasteiger partial charge in [0.1, 0.15) is 17.5 Å². The molecule has 0 aliphatic carbocycles. The van der Waals surface area contributed by atoms with Crippen LogP contribution in [0.5, 0.6) is 11.5 Å². The Balaban J connectivity index is 3.32. The van der Waals surface area contributed by atoms with Crippen LogP contribution >= 0.6 is 0 Å². The zero-order chi connectivity index (χ0) is 14.6. The summed E-state index contributed by atoms with van der Waals surface area (Å²) in [7, 11) is 4.76. The van der Waals surface area contributed by atoms with Crippen LogP contribution in [0.25, 0.3) is 0 Å². The van der Waals surface area contributed by atoms with E-state index in [2.05, 4.69) is 5.32 Å². The number of methoxy groups -OCH3 is 2. The van der Waals surface area contributed by atoms with E-state index in [9.17, 15) is 4.79 Å². The second-order valence-electron chi connectivity index (χ2n) is 4.15. The third kappa shape index (κ3) is 2.97. The highest BCUT2D eigenvalue weighted by Gasteiger charge is 2.28. The van der Waals surface area contributed by atoms with Gasteiger partial charge in [-0.3, -0.25) is 4.79 Å². The van der Waals surface area contributed by atoms with E-state index < -0.39 is 18.1 Å². The minimum absolute atomic E-state index is 0.544. The normalized spacial score (nSPS) is 13.7. The first-order chi connectivity index (χ1) is 8.97. The molecule has 0 saturated heterocycles. The van der Waals surface area contributed by atoms with Crippen molar-refractivity contribution in [2.75, 3.05) is 21.3 Å². The number of nitrogens with two attached hydrogens (primary N) is 1. The Morgan fingerprint density at radius 3 is 2.42 bits per heavy atom. The maximum atomic E-state index is 11.1. The maximum absolute atomic E-state index is 11.1. The summed E-state index contributed by atoms with van der Waals surface area (Å²) in [5, 5.41) is 12.0. The molecule has 0 amide bonds. The molecule has 0 aliphatic heterocycles. The lowest BCUT2D eigenvalue weighted by molar-refractivity contribution is -0.139. The van der Waals surface area contributed by atoms with Crippen molar-refractivity contribution in [1.82, 2.24) is 5.32 Å². The highest BCUT2D eigenvalue weighted by molar-refractivity contribution is 5.75. The summed E-state index contributed by atoms with van der Waals surface area (Å²) in [6.07, 6.45) is 0. The van der Waals surface area contributed by atoms with Crippen LogP contribution in [0.2, 0.25) is 0 Å². The molecule has 0 spiro atoms. The van der Waals surface area contributed by atoms with Crippen molar-refractivity contribution >= 4 is 5.97 Å². The SMILES string of the molecule is CNC(c1ccc(OC)c(C)c1OC)C(N)C(=O)O. The summed E-state index contributed by atoms with van der Waals surface area (Å²) in [5.74, 6) is 0.185. The highest BCUT2D eigenvalue weighted by Crippen LogP contribution is 2.35. The molecule has 2 atom stereocenters. The largest absolute Gasteiger partial charge is 0.496 e. The lowest BCUT2D eigenvalue weighted by atomic mass is 9.96. The molecule has 0 aliphatic rings. The van der Waals surface area contributed by atoms with Crippen LogP contribution in [0, 0.1) is 6.92 Å². The van der Waals surface area contributed by atoms with Gasteiger partial charge in [-0.25, -0.2) is 0 Å². The first kappa shape index (κ1) is 15.3. The molecule has 6 nitrogen and oxygen atoms in total. The Hall–Kier alpha value is -1.79. The van der Waals surface area contributed by atoms with E-state index in [1.807, 2.05) is 6.92 Å². The molecule has 2 unspecified atom stereocenters. The molecule has 1 aromatic rings. The minimum Gasteiger partial charge on any atom is -0.496 e. The van der Waals surface area contributed by atoms with E-state index >= 15 is 0 Å². The number of aliphatic carboxylic acids is 1. The van der Waals surface area contributed by atoms with Gasteiger partial charge >= 0.3 is 5.97 Å². The fourth-order valence-electron chi connectivity index (χ4n) is 2.10. The summed E-state index contributed by atoms with van der Waals surface area (Å²) in [5.41, 5.74) is 7.20. The molecule has 0 fully saturated rings. The molecular weight excluding hydrogens is 248 g/mol. The van der Waals surface area contributed by atoms with Crippen LogP contribution in [-0.4, -0.2) is 38.4 Å². The summed E-state index contributed by atoms with van der Waals surface area (Å²) in [6, 6.07) is 1.92. The molecule has 0 heterocycles. The van der Waals surface area contributed by atoms with Crippen molar-refractivity contribution in [3.05, 3.63) is 23.3 Å². The zero-order valence-electron chi connectivity index (χ0n) is 11.6. The summed E-state index contributed by atoms with van der Waals surface area (Å²) in [6.45, 7) is 1.85. The maximum Gasteiger partial charge on any atom is 0.322 e. The predicted molar refractivity (Wildman–Crippen MR) is 71.7 cm³/mol. The molecule has 0 aromatic heterocycles. The van der Waals surface area contributed by atoms with E-state index in [1.54, 1.807) is 26.3 Å². The highest BCUT2D eigenvalue weighted by atomic mass is 16.5. The van der Waals surface area contributed by atoms with Crippen LogP contribution in [0.4, 0.5) is 0 Å². The minimum atomic E-state index is -1.07. The second-order valence-corrected chi connectivity index (χ2v) is 4.15. The summed E-state index contributed by atoms with van der Waals surface area (Å²) < 4.78 is 10.6.